The highest BCUT2D eigenvalue weighted by molar-refractivity contribution is 6.11. The van der Waals surface area contributed by atoms with Gasteiger partial charge in [-0.1, -0.05) is 5.92 Å². The number of hydrogen-bond acceptors (Lipinski definition) is 3. The molecule has 4 heteroatoms. The van der Waals surface area contributed by atoms with Crippen LogP contribution in [0.2, 0.25) is 0 Å². The van der Waals surface area contributed by atoms with E-state index in [0.29, 0.717) is 5.06 Å². The monoisotopic (exact) mass is 151 g/mol. The van der Waals surface area contributed by atoms with Gasteiger partial charge in [0.25, 0.3) is 11.8 Å². The van der Waals surface area contributed by atoms with E-state index in [-0.39, 0.29) is 6.61 Å². The number of carbonyl (C=O) groups is 2. The molecule has 11 heavy (non-hydrogen) atoms. The van der Waals surface area contributed by atoms with Crippen molar-refractivity contribution < 1.29 is 14.4 Å². The maximum absolute atomic E-state index is 10.7. The summed E-state index contributed by atoms with van der Waals surface area (Å²) in [6.07, 6.45) is 7.10. The highest BCUT2D eigenvalue weighted by Gasteiger charge is 2.23. The molecule has 0 aromatic carbocycles. The molecule has 4 nitrogen and oxygen atoms in total. The summed E-state index contributed by atoms with van der Waals surface area (Å²) in [4.78, 5) is 26.0. The van der Waals surface area contributed by atoms with Crippen molar-refractivity contribution in [1.82, 2.24) is 5.06 Å². The van der Waals surface area contributed by atoms with Crippen LogP contribution < -0.4 is 0 Å². The molecule has 0 aromatic rings. The van der Waals surface area contributed by atoms with Crippen molar-refractivity contribution in [2.75, 3.05) is 6.61 Å². The van der Waals surface area contributed by atoms with Crippen molar-refractivity contribution in [2.24, 2.45) is 0 Å². The third-order valence-corrected chi connectivity index (χ3v) is 1.05. The van der Waals surface area contributed by atoms with E-state index in [1.165, 1.54) is 0 Å². The summed E-state index contributed by atoms with van der Waals surface area (Å²) in [5.41, 5.74) is 0. The highest BCUT2D eigenvalue weighted by atomic mass is 16.7. The van der Waals surface area contributed by atoms with E-state index >= 15 is 0 Å². The zero-order valence-corrected chi connectivity index (χ0v) is 5.61. The molecular formula is C7H5NO3. The topological polar surface area (TPSA) is 46.6 Å². The molecule has 0 fully saturated rings. The average molecular weight is 151 g/mol. The van der Waals surface area contributed by atoms with Gasteiger partial charge in [0.15, 0.2) is 0 Å². The lowest BCUT2D eigenvalue weighted by Crippen LogP contribution is -2.30. The van der Waals surface area contributed by atoms with Gasteiger partial charge >= 0.3 is 0 Å². The highest BCUT2D eigenvalue weighted by Crippen LogP contribution is 2.02. The van der Waals surface area contributed by atoms with Crippen molar-refractivity contribution in [3.8, 4) is 12.3 Å². The maximum Gasteiger partial charge on any atom is 0.278 e. The molecule has 0 bridgehead atoms. The van der Waals surface area contributed by atoms with Gasteiger partial charge in [-0.05, 0) is 0 Å². The second-order valence-corrected chi connectivity index (χ2v) is 1.78. The van der Waals surface area contributed by atoms with Crippen molar-refractivity contribution in [1.29, 1.82) is 0 Å². The smallest absolute Gasteiger partial charge is 0.267 e. The molecule has 1 heterocycles. The van der Waals surface area contributed by atoms with Crippen LogP contribution in [0.1, 0.15) is 0 Å². The molecule has 0 N–H and O–H groups in total. The van der Waals surface area contributed by atoms with E-state index in [1.54, 1.807) is 0 Å². The van der Waals surface area contributed by atoms with E-state index in [4.69, 9.17) is 6.42 Å². The minimum absolute atomic E-state index is 0.0842. The summed E-state index contributed by atoms with van der Waals surface area (Å²) in [6.45, 7) is -0.0842. The molecule has 0 aromatic heterocycles. The lowest BCUT2D eigenvalue weighted by molar-refractivity contribution is -0.181. The second kappa shape index (κ2) is 2.99. The molecule has 1 rings (SSSR count). The third kappa shape index (κ3) is 1.45. The fourth-order valence-electron chi connectivity index (χ4n) is 0.616. The number of terminal acetylenes is 1. The van der Waals surface area contributed by atoms with Crippen molar-refractivity contribution in [3.05, 3.63) is 12.2 Å². The molecule has 1 aliphatic heterocycles. The van der Waals surface area contributed by atoms with Gasteiger partial charge in [-0.3, -0.25) is 9.59 Å². The Balaban J connectivity index is 2.54. The Morgan fingerprint density at radius 1 is 1.45 bits per heavy atom. The minimum Gasteiger partial charge on any atom is -0.267 e. The lowest BCUT2D eigenvalue weighted by Gasteiger charge is -2.09. The minimum atomic E-state index is -0.495. The molecule has 0 radical (unpaired) electrons. The average Bonchev–Trinajstić information content (AvgIpc) is 2.29. The fourth-order valence-corrected chi connectivity index (χ4v) is 0.616. The van der Waals surface area contributed by atoms with Crippen LogP contribution in [0.25, 0.3) is 0 Å². The zero-order chi connectivity index (χ0) is 8.27. The number of nitrogens with zero attached hydrogens (tertiary/aromatic N) is 1. The molecule has 0 aliphatic carbocycles. The quantitative estimate of drug-likeness (QED) is 0.394. The summed E-state index contributed by atoms with van der Waals surface area (Å²) >= 11 is 0. The van der Waals surface area contributed by atoms with Crippen LogP contribution in [0.3, 0.4) is 0 Å². The SMILES string of the molecule is C#CCON1C(=O)C=CC1=O. The predicted molar refractivity (Wildman–Crippen MR) is 35.8 cm³/mol. The van der Waals surface area contributed by atoms with Gasteiger partial charge in [0.1, 0.15) is 6.61 Å². The third-order valence-electron chi connectivity index (χ3n) is 1.05. The Hall–Kier alpha value is -1.60. The van der Waals surface area contributed by atoms with Gasteiger partial charge in [0, 0.05) is 12.2 Å². The molecule has 1 aliphatic rings. The van der Waals surface area contributed by atoms with Crippen LogP contribution in [0.4, 0.5) is 0 Å². The molecule has 0 atom stereocenters. The molecule has 0 spiro atoms. The largest absolute Gasteiger partial charge is 0.278 e. The molecular weight excluding hydrogens is 146 g/mol. The van der Waals surface area contributed by atoms with Gasteiger partial charge in [-0.25, -0.2) is 4.84 Å². The van der Waals surface area contributed by atoms with Gasteiger partial charge in [0.05, 0.1) is 0 Å². The summed E-state index contributed by atoms with van der Waals surface area (Å²) < 4.78 is 0. The summed E-state index contributed by atoms with van der Waals surface area (Å²) in [5, 5.41) is 0.625. The number of hydroxylamine groups is 2. The van der Waals surface area contributed by atoms with Crippen LogP contribution in [0.5, 0.6) is 0 Å². The molecule has 2 amide bonds. The van der Waals surface area contributed by atoms with Gasteiger partial charge in [0.2, 0.25) is 0 Å². The Bertz CT molecular complexity index is 243. The summed E-state index contributed by atoms with van der Waals surface area (Å²) in [5.74, 6) is 1.15. The van der Waals surface area contributed by atoms with Gasteiger partial charge < -0.3 is 0 Å². The fraction of sp³-hybridized carbons (Fsp3) is 0.143. The zero-order valence-electron chi connectivity index (χ0n) is 5.61. The molecule has 0 saturated heterocycles. The molecule has 0 saturated carbocycles. The standard InChI is InChI=1S/C7H5NO3/c1-2-5-11-8-6(9)3-4-7(8)10/h1,3-4H,5H2. The van der Waals surface area contributed by atoms with Gasteiger partial charge in [-0.15, -0.1) is 11.5 Å². The van der Waals surface area contributed by atoms with Crippen LogP contribution in [0, 0.1) is 12.3 Å². The first-order valence-corrected chi connectivity index (χ1v) is 2.88. The molecule has 0 unspecified atom stereocenters. The Morgan fingerprint density at radius 3 is 2.45 bits per heavy atom. The van der Waals surface area contributed by atoms with E-state index < -0.39 is 11.8 Å². The number of hydrogen-bond donors (Lipinski definition) is 0. The van der Waals surface area contributed by atoms with Crippen molar-refractivity contribution in [2.45, 2.75) is 0 Å². The van der Waals surface area contributed by atoms with E-state index in [0.717, 1.165) is 12.2 Å². The van der Waals surface area contributed by atoms with Crippen LogP contribution in [-0.4, -0.2) is 23.5 Å². The Kier molecular flexibility index (Phi) is 2.04. The predicted octanol–water partition coefficient (Wildman–Crippen LogP) is -0.524. The van der Waals surface area contributed by atoms with E-state index in [9.17, 15) is 9.59 Å². The number of rotatable bonds is 2. The van der Waals surface area contributed by atoms with Crippen molar-refractivity contribution in [3.63, 3.8) is 0 Å². The maximum atomic E-state index is 10.7. The number of carbonyl (C=O) groups excluding carboxylic acids is 2. The lowest BCUT2D eigenvalue weighted by atomic mass is 10.6. The normalized spacial score (nSPS) is 15.7. The van der Waals surface area contributed by atoms with Crippen molar-refractivity contribution >= 4 is 11.8 Å². The van der Waals surface area contributed by atoms with Crippen LogP contribution in [0.15, 0.2) is 12.2 Å². The summed E-state index contributed by atoms with van der Waals surface area (Å²) in [7, 11) is 0. The van der Waals surface area contributed by atoms with E-state index in [1.807, 2.05) is 0 Å². The second-order valence-electron chi connectivity index (χ2n) is 1.78. The number of amides is 2. The van der Waals surface area contributed by atoms with Crippen LogP contribution >= 0.6 is 0 Å². The van der Waals surface area contributed by atoms with E-state index in [2.05, 4.69) is 10.8 Å². The van der Waals surface area contributed by atoms with Crippen LogP contribution in [-0.2, 0) is 14.4 Å². The number of imide groups is 1. The Labute approximate surface area is 63.4 Å². The first-order valence-electron chi connectivity index (χ1n) is 2.88. The summed E-state index contributed by atoms with van der Waals surface area (Å²) in [6, 6.07) is 0. The molecule has 56 valence electrons. The Morgan fingerprint density at radius 2 is 2.00 bits per heavy atom. The first-order chi connectivity index (χ1) is 5.25. The van der Waals surface area contributed by atoms with Gasteiger partial charge in [-0.2, -0.15) is 0 Å². The first kappa shape index (κ1) is 7.51.